The molecule has 0 aliphatic carbocycles. The Morgan fingerprint density at radius 2 is 1.67 bits per heavy atom. The van der Waals surface area contributed by atoms with Gasteiger partial charge >= 0.3 is 0 Å². The van der Waals surface area contributed by atoms with E-state index in [1.54, 1.807) is 36.4 Å². The Morgan fingerprint density at radius 1 is 0.924 bits per heavy atom. The fraction of sp³-hybridized carbons (Fsp3) is 0.489. The summed E-state index contributed by atoms with van der Waals surface area (Å²) >= 11 is 5.28. The van der Waals surface area contributed by atoms with Gasteiger partial charge in [0.2, 0.25) is 27.7 Å². The molecule has 4 atom stereocenters. The van der Waals surface area contributed by atoms with Gasteiger partial charge in [-0.15, -0.1) is 0 Å². The smallest absolute Gasteiger partial charge is 0.244 e. The van der Waals surface area contributed by atoms with E-state index in [4.69, 9.17) is 32.2 Å². The molecule has 4 aromatic rings. The van der Waals surface area contributed by atoms with Crippen LogP contribution in [0.4, 0.5) is 0 Å². The number of piperidine rings is 2. The number of imide groups is 1. The van der Waals surface area contributed by atoms with Gasteiger partial charge in [-0.05, 0) is 68.9 Å². The van der Waals surface area contributed by atoms with Crippen LogP contribution in [0, 0.1) is 0 Å². The zero-order chi connectivity index (χ0) is 46.7. The molecule has 19 heteroatoms. The normalized spacial score (nSPS) is 22.1. The molecule has 5 heterocycles. The second-order valence-corrected chi connectivity index (χ2v) is 20.5. The number of thiocarbonyl (C=S) groups is 1. The first-order valence-electron chi connectivity index (χ1n) is 22.7. The predicted molar refractivity (Wildman–Crippen MR) is 250 cm³/mol. The maximum absolute atomic E-state index is 13.4. The molecule has 3 saturated heterocycles. The number of hydrogen-bond acceptors (Lipinski definition) is 13. The number of carbonyl (C=O) groups is 3. The Morgan fingerprint density at radius 3 is 2.38 bits per heavy atom. The molecular formula is C47H59N7O10S2. The number of nitrogens with one attached hydrogen (secondary N) is 2. The number of benzene rings is 3. The molecule has 3 aromatic carbocycles. The van der Waals surface area contributed by atoms with Crippen LogP contribution in [0.1, 0.15) is 86.7 Å². The molecule has 3 amide bonds. The molecule has 3 fully saturated rings. The van der Waals surface area contributed by atoms with E-state index in [0.29, 0.717) is 80.7 Å². The summed E-state index contributed by atoms with van der Waals surface area (Å²) in [4.78, 5) is 41.3. The minimum Gasteiger partial charge on any atom is -0.491 e. The van der Waals surface area contributed by atoms with Crippen molar-refractivity contribution < 1.29 is 47.2 Å². The summed E-state index contributed by atoms with van der Waals surface area (Å²) in [5.41, 5.74) is 11.6. The third kappa shape index (κ3) is 10.0. The fourth-order valence-corrected chi connectivity index (χ4v) is 10.9. The second-order valence-electron chi connectivity index (χ2n) is 17.5. The van der Waals surface area contributed by atoms with Gasteiger partial charge in [0.25, 0.3) is 0 Å². The van der Waals surface area contributed by atoms with Gasteiger partial charge in [0.15, 0.2) is 0 Å². The number of carbonyl (C=O) groups excluding carboxylic acids is 3. The fourth-order valence-electron chi connectivity index (χ4n) is 9.42. The van der Waals surface area contributed by atoms with Gasteiger partial charge in [-0.3, -0.25) is 24.6 Å². The standard InChI is InChI=1S/C47H59N7O10S2/c1-29(2)66(60,61)52-17-13-33(14-18-52)53-28-36(31-5-3-6-32(26-31)43(48)65)34-10-9-30(25-39(34)53)27-49-44(56)37-15-16-51(37)19-20-62-21-22-63-23-24-64-40-8-4-7-35-42(40)47(59)54(46(35)58)38-11-12-41(55)50-45(38)57/h3-10,25-26,28-29,33,37-38,46-47,58-59H,11-24,27H2,1-2H3,(H2,48,65)(H,49,56)(H,50,55,57). The van der Waals surface area contributed by atoms with E-state index in [1.165, 1.54) is 4.90 Å². The predicted octanol–water partition coefficient (Wildman–Crippen LogP) is 3.22. The lowest BCUT2D eigenvalue weighted by Crippen LogP contribution is -2.56. The van der Waals surface area contributed by atoms with Crippen molar-refractivity contribution >= 4 is 55.9 Å². The molecule has 4 aliphatic heterocycles. The molecule has 17 nitrogen and oxygen atoms in total. The number of amides is 3. The summed E-state index contributed by atoms with van der Waals surface area (Å²) in [6.07, 6.45) is 2.04. The van der Waals surface area contributed by atoms with Crippen LogP contribution in [0.5, 0.6) is 5.75 Å². The number of nitrogens with two attached hydrogens (primary N) is 1. The highest BCUT2D eigenvalue weighted by Crippen LogP contribution is 2.46. The summed E-state index contributed by atoms with van der Waals surface area (Å²) in [5, 5.41) is 28.1. The van der Waals surface area contributed by atoms with E-state index in [0.717, 1.165) is 46.1 Å². The van der Waals surface area contributed by atoms with Crippen molar-refractivity contribution in [2.45, 2.75) is 88.3 Å². The quantitative estimate of drug-likeness (QED) is 0.0519. The van der Waals surface area contributed by atoms with E-state index in [1.807, 2.05) is 30.3 Å². The Kier molecular flexibility index (Phi) is 14.9. The lowest BCUT2D eigenvalue weighted by atomic mass is 10.0. The van der Waals surface area contributed by atoms with Crippen LogP contribution in [0.25, 0.3) is 22.0 Å². The van der Waals surface area contributed by atoms with Crippen molar-refractivity contribution in [3.05, 3.63) is 89.1 Å². The molecule has 8 rings (SSSR count). The highest BCUT2D eigenvalue weighted by atomic mass is 32.2. The molecule has 66 heavy (non-hydrogen) atoms. The molecule has 4 unspecified atom stereocenters. The number of likely N-dealkylation sites (tertiary alicyclic amines) is 1. The number of sulfonamides is 1. The molecule has 0 saturated carbocycles. The average Bonchev–Trinajstić information content (AvgIpc) is 3.79. The maximum atomic E-state index is 13.4. The largest absolute Gasteiger partial charge is 0.491 e. The van der Waals surface area contributed by atoms with Gasteiger partial charge < -0.3 is 40.0 Å². The summed E-state index contributed by atoms with van der Waals surface area (Å²) in [6.45, 7) is 7.63. The summed E-state index contributed by atoms with van der Waals surface area (Å²) in [6, 6.07) is 18.2. The lowest BCUT2D eigenvalue weighted by molar-refractivity contribution is -0.154. The van der Waals surface area contributed by atoms with Crippen molar-refractivity contribution in [1.29, 1.82) is 0 Å². The van der Waals surface area contributed by atoms with Crippen LogP contribution in [-0.4, -0.2) is 137 Å². The zero-order valence-corrected chi connectivity index (χ0v) is 38.9. The van der Waals surface area contributed by atoms with Crippen molar-refractivity contribution in [2.24, 2.45) is 5.73 Å². The minimum absolute atomic E-state index is 0.0381. The van der Waals surface area contributed by atoms with Crippen LogP contribution in [-0.2, 0) is 40.4 Å². The van der Waals surface area contributed by atoms with Gasteiger partial charge in [0.05, 0.1) is 43.8 Å². The monoisotopic (exact) mass is 945 g/mol. The Bertz CT molecular complexity index is 2560. The molecule has 4 aliphatic rings. The van der Waals surface area contributed by atoms with Gasteiger partial charge in [-0.1, -0.05) is 54.7 Å². The van der Waals surface area contributed by atoms with Crippen LogP contribution >= 0.6 is 12.2 Å². The van der Waals surface area contributed by atoms with Crippen molar-refractivity contribution in [2.75, 3.05) is 59.2 Å². The minimum atomic E-state index is -3.34. The number of hydrogen-bond donors (Lipinski definition) is 5. The Hall–Kier alpha value is -4.83. The van der Waals surface area contributed by atoms with Crippen molar-refractivity contribution in [1.82, 2.24) is 29.3 Å². The average molecular weight is 946 g/mol. The molecule has 1 aromatic heterocycles. The van der Waals surface area contributed by atoms with Gasteiger partial charge in [0, 0.05) is 84.5 Å². The number of rotatable bonds is 19. The van der Waals surface area contributed by atoms with E-state index in [2.05, 4.69) is 38.4 Å². The zero-order valence-electron chi connectivity index (χ0n) is 37.3. The number of nitrogens with zero attached hydrogens (tertiary/aromatic N) is 4. The second kappa shape index (κ2) is 20.6. The Balaban J connectivity index is 0.788. The van der Waals surface area contributed by atoms with Crippen LogP contribution < -0.4 is 21.1 Å². The molecule has 6 N–H and O–H groups in total. The van der Waals surface area contributed by atoms with E-state index >= 15 is 0 Å². The number of aliphatic hydroxyl groups is 2. The third-order valence-electron chi connectivity index (χ3n) is 13.2. The Labute approximate surface area is 390 Å². The van der Waals surface area contributed by atoms with Crippen LogP contribution in [0.15, 0.2) is 66.9 Å². The van der Waals surface area contributed by atoms with Crippen molar-refractivity contribution in [3.8, 4) is 16.9 Å². The number of aliphatic hydroxyl groups excluding tert-OH is 2. The first kappa shape index (κ1) is 47.7. The lowest BCUT2D eigenvalue weighted by Gasteiger charge is -2.39. The summed E-state index contributed by atoms with van der Waals surface area (Å²) in [7, 11) is -3.34. The third-order valence-corrected chi connectivity index (χ3v) is 15.7. The molecule has 0 bridgehead atoms. The number of aromatic nitrogens is 1. The van der Waals surface area contributed by atoms with E-state index < -0.39 is 39.7 Å². The van der Waals surface area contributed by atoms with Gasteiger partial charge in [-0.2, -0.15) is 0 Å². The molecule has 0 spiro atoms. The topological polar surface area (TPSA) is 218 Å². The molecule has 0 radical (unpaired) electrons. The number of ether oxygens (including phenoxy) is 3. The first-order valence-corrected chi connectivity index (χ1v) is 24.6. The highest BCUT2D eigenvalue weighted by Gasteiger charge is 2.46. The first-order chi connectivity index (χ1) is 31.7. The van der Waals surface area contributed by atoms with Gasteiger partial charge in [-0.25, -0.2) is 17.6 Å². The SMILES string of the molecule is CC(C)S(=O)(=O)N1CCC(n2cc(-c3cccc(C(N)=S)c3)c3ccc(CNC(=O)C4CCN4CCOCCOCCOc4cccc5c4C(O)N(C4CCC(=O)NC4=O)C5O)cc32)CC1. The van der Waals surface area contributed by atoms with Crippen LogP contribution in [0.3, 0.4) is 0 Å². The highest BCUT2D eigenvalue weighted by molar-refractivity contribution is 7.89. The molecule has 354 valence electrons. The molecular weight excluding hydrogens is 887 g/mol. The summed E-state index contributed by atoms with van der Waals surface area (Å²) < 4.78 is 47.2. The van der Waals surface area contributed by atoms with E-state index in [9.17, 15) is 33.0 Å². The summed E-state index contributed by atoms with van der Waals surface area (Å²) in [5.74, 6) is -0.602. The van der Waals surface area contributed by atoms with Crippen LogP contribution in [0.2, 0.25) is 0 Å². The number of fused-ring (bicyclic) bond motifs is 2. The van der Waals surface area contributed by atoms with E-state index in [-0.39, 0.29) is 50.0 Å². The van der Waals surface area contributed by atoms with Crippen molar-refractivity contribution in [3.63, 3.8) is 0 Å². The van der Waals surface area contributed by atoms with Gasteiger partial charge in [0.1, 0.15) is 29.8 Å². The maximum Gasteiger partial charge on any atom is 0.244 e.